The Kier molecular flexibility index (Phi) is 3.53. The molecule has 5 nitrogen and oxygen atoms in total. The fourth-order valence-corrected chi connectivity index (χ4v) is 1.67. The van der Waals surface area contributed by atoms with Crippen LogP contribution in [0.3, 0.4) is 0 Å². The van der Waals surface area contributed by atoms with E-state index in [0.717, 1.165) is 5.56 Å². The lowest BCUT2D eigenvalue weighted by atomic mass is 10.2. The van der Waals surface area contributed by atoms with Gasteiger partial charge in [0, 0.05) is 23.8 Å². The highest BCUT2D eigenvalue weighted by Gasteiger charge is 2.16. The highest BCUT2D eigenvalue weighted by molar-refractivity contribution is 6.31. The highest BCUT2D eigenvalue weighted by atomic mass is 35.5. The molecule has 2 rings (SSSR count). The summed E-state index contributed by atoms with van der Waals surface area (Å²) in [6, 6.07) is 7.21. The van der Waals surface area contributed by atoms with Crippen molar-refractivity contribution in [3.05, 3.63) is 46.6 Å². The van der Waals surface area contributed by atoms with Gasteiger partial charge in [-0.2, -0.15) is 0 Å². The first-order valence-corrected chi connectivity index (χ1v) is 5.59. The monoisotopic (exact) mass is 266 g/mol. The summed E-state index contributed by atoms with van der Waals surface area (Å²) in [5, 5.41) is 13.5. The number of hydrogen-bond acceptors (Lipinski definition) is 3. The molecule has 6 heteroatoms. The average molecular weight is 267 g/mol. The first-order chi connectivity index (χ1) is 8.58. The van der Waals surface area contributed by atoms with Gasteiger partial charge >= 0.3 is 5.97 Å². The van der Waals surface area contributed by atoms with Gasteiger partial charge in [-0.1, -0.05) is 29.8 Å². The minimum atomic E-state index is -1.07. The molecule has 0 saturated heterocycles. The largest absolute Gasteiger partial charge is 0.477 e. The number of halogens is 1. The van der Waals surface area contributed by atoms with Crippen LogP contribution in [0.15, 0.2) is 30.5 Å². The predicted octanol–water partition coefficient (Wildman–Crippen LogP) is 2.35. The van der Waals surface area contributed by atoms with Crippen molar-refractivity contribution in [1.29, 1.82) is 0 Å². The Bertz CT molecular complexity index is 580. The van der Waals surface area contributed by atoms with Gasteiger partial charge in [0.1, 0.15) is 12.2 Å². The molecule has 1 heterocycles. The number of nitrogens with zero attached hydrogens (tertiary/aromatic N) is 2. The van der Waals surface area contributed by atoms with E-state index in [1.807, 2.05) is 18.2 Å². The number of carboxylic acid groups (broad SMARTS) is 1. The van der Waals surface area contributed by atoms with Gasteiger partial charge in [0.25, 0.3) is 0 Å². The maximum Gasteiger partial charge on any atom is 0.342 e. The second kappa shape index (κ2) is 5.10. The Morgan fingerprint density at radius 3 is 2.89 bits per heavy atom. The lowest BCUT2D eigenvalue weighted by molar-refractivity contribution is 0.0691. The number of carboxylic acids is 1. The molecule has 0 radical (unpaired) electrons. The van der Waals surface area contributed by atoms with Crippen LogP contribution in [0.5, 0.6) is 5.88 Å². The SMILES string of the molecule is Cn1cc(C(=O)O)c(OCc2ccccc2Cl)n1. The van der Waals surface area contributed by atoms with Gasteiger partial charge in [0.15, 0.2) is 0 Å². The van der Waals surface area contributed by atoms with Crippen LogP contribution >= 0.6 is 11.6 Å². The number of hydrogen-bond donors (Lipinski definition) is 1. The van der Waals surface area contributed by atoms with Crippen molar-refractivity contribution < 1.29 is 14.6 Å². The summed E-state index contributed by atoms with van der Waals surface area (Å²) >= 11 is 5.98. The zero-order valence-electron chi connectivity index (χ0n) is 9.63. The molecule has 2 aromatic rings. The minimum Gasteiger partial charge on any atom is -0.477 e. The van der Waals surface area contributed by atoms with Crippen LogP contribution in [0.4, 0.5) is 0 Å². The molecule has 1 N–H and O–H groups in total. The first-order valence-electron chi connectivity index (χ1n) is 5.21. The second-order valence-electron chi connectivity index (χ2n) is 3.71. The van der Waals surface area contributed by atoms with E-state index in [1.54, 1.807) is 13.1 Å². The standard InChI is InChI=1S/C12H11ClN2O3/c1-15-6-9(12(16)17)11(14-15)18-7-8-4-2-3-5-10(8)13/h2-6H,7H2,1H3,(H,16,17). The van der Waals surface area contributed by atoms with Gasteiger partial charge in [-0.25, -0.2) is 4.79 Å². The van der Waals surface area contributed by atoms with Crippen molar-refractivity contribution in [2.45, 2.75) is 6.61 Å². The van der Waals surface area contributed by atoms with Crippen molar-refractivity contribution in [1.82, 2.24) is 9.78 Å². The van der Waals surface area contributed by atoms with E-state index in [2.05, 4.69) is 5.10 Å². The molecule has 0 aliphatic heterocycles. The molecule has 18 heavy (non-hydrogen) atoms. The van der Waals surface area contributed by atoms with Crippen molar-refractivity contribution in [2.24, 2.45) is 7.05 Å². The van der Waals surface area contributed by atoms with Crippen LogP contribution in [0.2, 0.25) is 5.02 Å². The Morgan fingerprint density at radius 1 is 1.50 bits per heavy atom. The van der Waals surface area contributed by atoms with E-state index in [1.165, 1.54) is 10.9 Å². The molecule has 94 valence electrons. The molecule has 1 aromatic heterocycles. The number of benzene rings is 1. The lowest BCUT2D eigenvalue weighted by Crippen LogP contribution is -2.02. The fraction of sp³-hybridized carbons (Fsp3) is 0.167. The Balaban J connectivity index is 2.16. The third kappa shape index (κ3) is 2.62. The van der Waals surface area contributed by atoms with Gasteiger partial charge in [-0.05, 0) is 6.07 Å². The predicted molar refractivity (Wildman–Crippen MR) is 66.0 cm³/mol. The zero-order chi connectivity index (χ0) is 13.1. The van der Waals surface area contributed by atoms with Gasteiger partial charge in [0.2, 0.25) is 5.88 Å². The summed E-state index contributed by atoms with van der Waals surface area (Å²) < 4.78 is 6.78. The van der Waals surface area contributed by atoms with E-state index in [4.69, 9.17) is 21.4 Å². The summed E-state index contributed by atoms with van der Waals surface area (Å²) in [5.41, 5.74) is 0.811. The number of aromatic nitrogens is 2. The Morgan fingerprint density at radius 2 is 2.22 bits per heavy atom. The van der Waals surface area contributed by atoms with Crippen molar-refractivity contribution in [3.8, 4) is 5.88 Å². The summed E-state index contributed by atoms with van der Waals surface area (Å²) in [7, 11) is 1.63. The maximum atomic E-state index is 11.0. The molecule has 0 atom stereocenters. The third-order valence-corrected chi connectivity index (χ3v) is 2.72. The Labute approximate surface area is 109 Å². The summed E-state index contributed by atoms with van der Waals surface area (Å²) in [4.78, 5) is 11.0. The van der Waals surface area contributed by atoms with Crippen LogP contribution in [-0.2, 0) is 13.7 Å². The number of aromatic carboxylic acids is 1. The second-order valence-corrected chi connectivity index (χ2v) is 4.11. The Hall–Kier alpha value is -2.01. The molecule has 0 aliphatic rings. The number of rotatable bonds is 4. The van der Waals surface area contributed by atoms with Gasteiger partial charge < -0.3 is 9.84 Å². The lowest BCUT2D eigenvalue weighted by Gasteiger charge is -2.05. The van der Waals surface area contributed by atoms with Crippen LogP contribution in [0, 0.1) is 0 Å². The molecular formula is C12H11ClN2O3. The van der Waals surface area contributed by atoms with E-state index in [0.29, 0.717) is 5.02 Å². The number of ether oxygens (including phenoxy) is 1. The third-order valence-electron chi connectivity index (χ3n) is 2.35. The molecule has 0 amide bonds. The normalized spacial score (nSPS) is 10.3. The molecule has 0 aliphatic carbocycles. The number of aryl methyl sites for hydroxylation is 1. The minimum absolute atomic E-state index is 0.0320. The molecular weight excluding hydrogens is 256 g/mol. The molecule has 0 unspecified atom stereocenters. The zero-order valence-corrected chi connectivity index (χ0v) is 10.4. The van der Waals surface area contributed by atoms with E-state index in [-0.39, 0.29) is 18.1 Å². The molecule has 0 spiro atoms. The molecule has 0 bridgehead atoms. The quantitative estimate of drug-likeness (QED) is 0.923. The average Bonchev–Trinajstić information content (AvgIpc) is 2.70. The summed E-state index contributed by atoms with van der Waals surface area (Å²) in [6.45, 7) is 0.178. The molecule has 1 aromatic carbocycles. The van der Waals surface area contributed by atoms with Crippen LogP contribution in [-0.4, -0.2) is 20.9 Å². The van der Waals surface area contributed by atoms with Crippen LogP contribution in [0.1, 0.15) is 15.9 Å². The van der Waals surface area contributed by atoms with Gasteiger partial charge in [-0.3, -0.25) is 4.68 Å². The van der Waals surface area contributed by atoms with Crippen LogP contribution in [0.25, 0.3) is 0 Å². The maximum absolute atomic E-state index is 11.0. The highest BCUT2D eigenvalue weighted by Crippen LogP contribution is 2.20. The van der Waals surface area contributed by atoms with Crippen molar-refractivity contribution in [2.75, 3.05) is 0 Å². The fourth-order valence-electron chi connectivity index (χ4n) is 1.48. The van der Waals surface area contributed by atoms with E-state index < -0.39 is 5.97 Å². The summed E-state index contributed by atoms with van der Waals surface area (Å²) in [6.07, 6.45) is 1.39. The van der Waals surface area contributed by atoms with E-state index in [9.17, 15) is 4.79 Å². The molecule has 0 fully saturated rings. The smallest absolute Gasteiger partial charge is 0.342 e. The van der Waals surface area contributed by atoms with Crippen molar-refractivity contribution >= 4 is 17.6 Å². The van der Waals surface area contributed by atoms with Gasteiger partial charge in [0.05, 0.1) is 0 Å². The first kappa shape index (κ1) is 12.4. The summed E-state index contributed by atoms with van der Waals surface area (Å²) in [5.74, 6) is -0.984. The molecule has 0 saturated carbocycles. The number of carbonyl (C=O) groups is 1. The topological polar surface area (TPSA) is 64.4 Å². The van der Waals surface area contributed by atoms with E-state index >= 15 is 0 Å². The van der Waals surface area contributed by atoms with Crippen LogP contribution < -0.4 is 4.74 Å². The van der Waals surface area contributed by atoms with Crippen molar-refractivity contribution in [3.63, 3.8) is 0 Å². The van der Waals surface area contributed by atoms with Gasteiger partial charge in [-0.15, -0.1) is 5.10 Å².